The summed E-state index contributed by atoms with van der Waals surface area (Å²) in [6, 6.07) is 44.5. The second kappa shape index (κ2) is 16.9. The van der Waals surface area contributed by atoms with Crippen LogP contribution in [0.5, 0.6) is 11.5 Å². The molecule has 0 N–H and O–H groups in total. The number of fused-ring (bicyclic) bond motifs is 3. The monoisotopic (exact) mass is 1000 g/mol. The van der Waals surface area contributed by atoms with Gasteiger partial charge in [-0.25, -0.2) is 4.98 Å². The van der Waals surface area contributed by atoms with Crippen molar-refractivity contribution in [2.24, 2.45) is 5.41 Å². The van der Waals surface area contributed by atoms with Gasteiger partial charge in [0.05, 0.1) is 0 Å². The van der Waals surface area contributed by atoms with E-state index < -0.39 is 0 Å². The summed E-state index contributed by atoms with van der Waals surface area (Å²) in [4.78, 5) is 9.53. The number of hydrogen-bond donors (Lipinski definition) is 0. The second-order valence-electron chi connectivity index (χ2n) is 20.4. The Hall–Kier alpha value is -5.12. The van der Waals surface area contributed by atoms with Gasteiger partial charge in [-0.2, -0.15) is 6.07 Å². The van der Waals surface area contributed by atoms with E-state index in [0.717, 1.165) is 44.6 Å². The predicted molar refractivity (Wildman–Crippen MR) is 257 cm³/mol. The van der Waals surface area contributed by atoms with Gasteiger partial charge in [0.25, 0.3) is 0 Å². The molecule has 5 aromatic carbocycles. The summed E-state index contributed by atoms with van der Waals surface area (Å²) >= 11 is 0. The first-order chi connectivity index (χ1) is 28.8. The van der Waals surface area contributed by atoms with Crippen LogP contribution in [0.4, 0.5) is 11.4 Å². The van der Waals surface area contributed by atoms with E-state index in [1.807, 2.05) is 12.3 Å². The van der Waals surface area contributed by atoms with Crippen molar-refractivity contribution in [3.05, 3.63) is 162 Å². The number of para-hydroxylation sites is 1. The van der Waals surface area contributed by atoms with Gasteiger partial charge in [-0.15, -0.1) is 53.6 Å². The minimum Gasteiger partial charge on any atom is -0.509 e. The summed E-state index contributed by atoms with van der Waals surface area (Å²) < 4.78 is 9.09. The Morgan fingerprint density at radius 1 is 0.629 bits per heavy atom. The molecule has 1 aliphatic rings. The van der Waals surface area contributed by atoms with Crippen molar-refractivity contribution in [2.75, 3.05) is 9.80 Å². The number of hydrogen-bond acceptors (Lipinski definition) is 4. The molecular weight excluding hydrogens is 940 g/mol. The first-order valence-corrected chi connectivity index (χ1v) is 21.8. The van der Waals surface area contributed by atoms with E-state index in [0.29, 0.717) is 23.3 Å². The number of allylic oxidation sites excluding steroid dienone is 1. The zero-order chi connectivity index (χ0) is 43.6. The minimum atomic E-state index is -0.149. The maximum absolute atomic E-state index is 6.85. The van der Waals surface area contributed by atoms with Crippen molar-refractivity contribution in [1.29, 1.82) is 0 Å². The van der Waals surface area contributed by atoms with E-state index in [1.165, 1.54) is 33.5 Å². The molecule has 3 heterocycles. The normalized spacial score (nSPS) is 13.7. The average Bonchev–Trinajstić information content (AvgIpc) is 3.81. The number of benzene rings is 5. The average molecular weight is 1000 g/mol. The molecule has 1 aliphatic heterocycles. The predicted octanol–water partition coefficient (Wildman–Crippen LogP) is 15.4. The first kappa shape index (κ1) is 44.9. The van der Waals surface area contributed by atoms with Crippen LogP contribution in [0, 0.1) is 24.2 Å². The molecule has 324 valence electrons. The van der Waals surface area contributed by atoms with Crippen LogP contribution in [0.25, 0.3) is 38.8 Å². The molecule has 0 amide bonds. The van der Waals surface area contributed by atoms with Gasteiger partial charge in [-0.05, 0) is 92.4 Å². The first-order valence-electron chi connectivity index (χ1n) is 21.8. The molecule has 5 nitrogen and oxygen atoms in total. The Morgan fingerprint density at radius 2 is 1.31 bits per heavy atom. The van der Waals surface area contributed by atoms with Crippen molar-refractivity contribution in [2.45, 2.75) is 113 Å². The molecule has 0 atom stereocenters. The Kier molecular flexibility index (Phi) is 12.2. The number of aromatic nitrogens is 2. The Bertz CT molecular complexity index is 2760. The summed E-state index contributed by atoms with van der Waals surface area (Å²) in [7, 11) is 0. The smallest absolute Gasteiger partial charge is 0.136 e. The molecule has 0 saturated carbocycles. The Labute approximate surface area is 385 Å². The van der Waals surface area contributed by atoms with Crippen molar-refractivity contribution in [3.63, 3.8) is 0 Å². The maximum Gasteiger partial charge on any atom is 0.136 e. The van der Waals surface area contributed by atoms with E-state index in [1.54, 1.807) is 0 Å². The molecule has 0 spiro atoms. The fourth-order valence-corrected chi connectivity index (χ4v) is 8.45. The number of nitrogens with zero attached hydrogens (tertiary/aromatic N) is 4. The van der Waals surface area contributed by atoms with Crippen molar-refractivity contribution < 1.29 is 25.8 Å². The number of pyridine rings is 1. The molecule has 2 aromatic heterocycles. The quantitative estimate of drug-likeness (QED) is 0.142. The van der Waals surface area contributed by atoms with Crippen molar-refractivity contribution >= 4 is 33.2 Å². The molecule has 0 saturated heterocycles. The number of anilines is 2. The van der Waals surface area contributed by atoms with Crippen LogP contribution in [0.15, 0.2) is 121 Å². The van der Waals surface area contributed by atoms with Gasteiger partial charge in [-0.1, -0.05) is 144 Å². The summed E-state index contributed by atoms with van der Waals surface area (Å²) in [5.41, 5.74) is 12.6. The van der Waals surface area contributed by atoms with E-state index in [-0.39, 0.29) is 37.3 Å². The van der Waals surface area contributed by atoms with Crippen LogP contribution < -0.4 is 14.5 Å². The molecule has 0 aliphatic carbocycles. The van der Waals surface area contributed by atoms with Crippen molar-refractivity contribution in [1.82, 2.24) is 9.55 Å². The SMILES string of the molecule is CC(C)c1cccc(C(C)C)c1-c1ccnc(-n2c3[c-]c(Oc4[c-]c(N5[CH-]N(c6cccc(C(C)(C)C)c6)C=C5C(C)(C)C)cc(C(C)(C)C)c4)ccc3c3ccccc32)c1.[Pt]. The molecule has 0 bridgehead atoms. The van der Waals surface area contributed by atoms with E-state index in [4.69, 9.17) is 9.72 Å². The van der Waals surface area contributed by atoms with Crippen LogP contribution in [0.2, 0.25) is 0 Å². The number of ether oxygens (including phenoxy) is 1. The van der Waals surface area contributed by atoms with Crippen LogP contribution >= 0.6 is 0 Å². The summed E-state index contributed by atoms with van der Waals surface area (Å²) in [6.07, 6.45) is 4.20. The van der Waals surface area contributed by atoms with Gasteiger partial charge in [0, 0.05) is 61.1 Å². The van der Waals surface area contributed by atoms with E-state index in [2.05, 4.69) is 226 Å². The zero-order valence-electron chi connectivity index (χ0n) is 38.7. The van der Waals surface area contributed by atoms with Gasteiger partial charge in [0.15, 0.2) is 0 Å². The topological polar surface area (TPSA) is 33.5 Å². The van der Waals surface area contributed by atoms with Gasteiger partial charge in [0.1, 0.15) is 5.82 Å². The van der Waals surface area contributed by atoms with Crippen LogP contribution in [-0.2, 0) is 31.9 Å². The summed E-state index contributed by atoms with van der Waals surface area (Å²) in [5.74, 6) is 2.86. The molecule has 6 heteroatoms. The molecule has 0 fully saturated rings. The molecule has 0 radical (unpaired) electrons. The standard InChI is InChI=1S/C56H61N4O.Pt/c1-36(2)45-21-17-22-46(37(3)4)53(45)38-26-27-57-52(28-38)60-49-23-15-14-20-47(49)48-25-24-43(33-50(48)60)61-44-31-40(55(8,9)10)30-42(32-44)59-35-58(34-51(59)56(11,12)13)41-19-16-18-39(29-41)54(5,6)7;/h14-31,34-37H,1-13H3;/q-3;. The fourth-order valence-electron chi connectivity index (χ4n) is 8.45. The number of rotatable bonds is 8. The van der Waals surface area contributed by atoms with Gasteiger partial charge in [0.2, 0.25) is 0 Å². The summed E-state index contributed by atoms with van der Waals surface area (Å²) in [5, 5.41) is 2.24. The Morgan fingerprint density at radius 3 is 1.97 bits per heavy atom. The zero-order valence-corrected chi connectivity index (χ0v) is 41.0. The van der Waals surface area contributed by atoms with Gasteiger partial charge < -0.3 is 19.1 Å². The molecular formula is C56H61N4OPt-3. The largest absolute Gasteiger partial charge is 0.509 e. The molecule has 62 heavy (non-hydrogen) atoms. The van der Waals surface area contributed by atoms with Crippen LogP contribution in [-0.4, -0.2) is 9.55 Å². The van der Waals surface area contributed by atoms with E-state index >= 15 is 0 Å². The third-order valence-electron chi connectivity index (χ3n) is 11.9. The van der Waals surface area contributed by atoms with Crippen molar-refractivity contribution in [3.8, 4) is 28.4 Å². The van der Waals surface area contributed by atoms with Crippen LogP contribution in [0.3, 0.4) is 0 Å². The summed E-state index contributed by atoms with van der Waals surface area (Å²) in [6.45, 7) is 31.6. The minimum absolute atomic E-state index is 0. The third-order valence-corrected chi connectivity index (χ3v) is 11.9. The van der Waals surface area contributed by atoms with E-state index in [9.17, 15) is 0 Å². The van der Waals surface area contributed by atoms with Gasteiger partial charge in [-0.3, -0.25) is 0 Å². The fraction of sp³-hybridized carbons (Fsp3) is 0.321. The maximum atomic E-state index is 6.85. The Balaban J connectivity index is 0.00000578. The second-order valence-corrected chi connectivity index (χ2v) is 20.4. The van der Waals surface area contributed by atoms with Crippen LogP contribution in [0.1, 0.15) is 124 Å². The van der Waals surface area contributed by atoms with Gasteiger partial charge >= 0.3 is 0 Å². The molecule has 0 unspecified atom stereocenters. The molecule has 8 rings (SSSR count). The third kappa shape index (κ3) is 8.76. The molecule has 7 aromatic rings.